The lowest BCUT2D eigenvalue weighted by molar-refractivity contribution is 0.579. The second kappa shape index (κ2) is 5.50. The minimum absolute atomic E-state index is 0.369. The molecule has 0 amide bonds. The molecule has 6 nitrogen and oxygen atoms in total. The van der Waals surface area contributed by atoms with Crippen molar-refractivity contribution >= 4 is 15.8 Å². The molecule has 0 aliphatic rings. The van der Waals surface area contributed by atoms with Crippen molar-refractivity contribution in [1.82, 2.24) is 15.1 Å². The van der Waals surface area contributed by atoms with Gasteiger partial charge in [-0.2, -0.15) is 5.10 Å². The fraction of sp³-hybridized carbons (Fsp3) is 0.700. The fourth-order valence-electron chi connectivity index (χ4n) is 1.31. The molecule has 1 aromatic rings. The average molecular weight is 260 g/mol. The fourth-order valence-corrected chi connectivity index (χ4v) is 2.24. The molecule has 0 saturated carbocycles. The monoisotopic (exact) mass is 260 g/mol. The van der Waals surface area contributed by atoms with Gasteiger partial charge >= 0.3 is 0 Å². The van der Waals surface area contributed by atoms with Gasteiger partial charge in [-0.3, -0.25) is 9.40 Å². The standard InChI is InChI=1S/C10H20N4O2S/c1-5-11-7-9(3)17(15,16)13-10-6-8(2)14(4)12-10/h6,9,11H,5,7H2,1-4H3,(H,12,13). The van der Waals surface area contributed by atoms with Gasteiger partial charge in [0.1, 0.15) is 0 Å². The SMILES string of the molecule is CCNCC(C)S(=O)(=O)Nc1cc(C)n(C)n1. The zero-order valence-corrected chi connectivity index (χ0v) is 11.5. The van der Waals surface area contributed by atoms with Crippen LogP contribution in [0.15, 0.2) is 6.07 Å². The summed E-state index contributed by atoms with van der Waals surface area (Å²) in [7, 11) is -1.60. The molecule has 0 saturated heterocycles. The van der Waals surface area contributed by atoms with Crippen LogP contribution in [0.5, 0.6) is 0 Å². The number of hydrogen-bond acceptors (Lipinski definition) is 4. The van der Waals surface area contributed by atoms with E-state index < -0.39 is 15.3 Å². The van der Waals surface area contributed by atoms with Crippen LogP contribution < -0.4 is 10.0 Å². The third-order valence-electron chi connectivity index (χ3n) is 2.57. The third-order valence-corrected chi connectivity index (χ3v) is 4.29. The van der Waals surface area contributed by atoms with E-state index in [4.69, 9.17) is 0 Å². The van der Waals surface area contributed by atoms with Crippen LogP contribution in [0.1, 0.15) is 19.5 Å². The molecule has 0 aromatic carbocycles. The molecule has 1 heterocycles. The van der Waals surface area contributed by atoms with E-state index in [1.54, 1.807) is 24.7 Å². The number of anilines is 1. The highest BCUT2D eigenvalue weighted by atomic mass is 32.2. The van der Waals surface area contributed by atoms with E-state index in [0.29, 0.717) is 12.4 Å². The highest BCUT2D eigenvalue weighted by Gasteiger charge is 2.21. The van der Waals surface area contributed by atoms with Gasteiger partial charge in [-0.1, -0.05) is 6.92 Å². The van der Waals surface area contributed by atoms with Gasteiger partial charge in [0, 0.05) is 25.4 Å². The number of hydrogen-bond donors (Lipinski definition) is 2. The van der Waals surface area contributed by atoms with Crippen molar-refractivity contribution in [3.63, 3.8) is 0 Å². The number of nitrogens with zero attached hydrogens (tertiary/aromatic N) is 2. The van der Waals surface area contributed by atoms with Gasteiger partial charge in [0.25, 0.3) is 0 Å². The second-order valence-electron chi connectivity index (χ2n) is 4.06. The molecule has 0 fully saturated rings. The van der Waals surface area contributed by atoms with Gasteiger partial charge in [-0.05, 0) is 20.4 Å². The predicted molar refractivity (Wildman–Crippen MR) is 68.5 cm³/mol. The molecule has 0 radical (unpaired) electrons. The van der Waals surface area contributed by atoms with E-state index in [1.807, 2.05) is 13.8 Å². The normalized spacial score (nSPS) is 13.6. The van der Waals surface area contributed by atoms with Crippen LogP contribution >= 0.6 is 0 Å². The van der Waals surface area contributed by atoms with E-state index >= 15 is 0 Å². The lowest BCUT2D eigenvalue weighted by Gasteiger charge is -2.13. The van der Waals surface area contributed by atoms with Crippen molar-refractivity contribution in [3.8, 4) is 0 Å². The minimum Gasteiger partial charge on any atom is -0.316 e. The largest absolute Gasteiger partial charge is 0.316 e. The maximum atomic E-state index is 11.9. The van der Waals surface area contributed by atoms with E-state index in [2.05, 4.69) is 15.1 Å². The van der Waals surface area contributed by atoms with Crippen molar-refractivity contribution in [2.45, 2.75) is 26.0 Å². The first-order valence-corrected chi connectivity index (χ1v) is 7.14. The summed E-state index contributed by atoms with van der Waals surface area (Å²) in [5, 5.41) is 6.58. The first-order valence-electron chi connectivity index (χ1n) is 5.59. The number of sulfonamides is 1. The molecular weight excluding hydrogens is 240 g/mol. The molecule has 0 bridgehead atoms. The molecule has 1 rings (SSSR count). The Balaban J connectivity index is 2.72. The second-order valence-corrected chi connectivity index (χ2v) is 6.16. The molecule has 1 unspecified atom stereocenters. The van der Waals surface area contributed by atoms with Crippen molar-refractivity contribution < 1.29 is 8.42 Å². The Morgan fingerprint density at radius 1 is 1.53 bits per heavy atom. The molecule has 0 aliphatic carbocycles. The van der Waals surface area contributed by atoms with Crippen LogP contribution in [0, 0.1) is 6.92 Å². The third kappa shape index (κ3) is 3.71. The Morgan fingerprint density at radius 2 is 2.18 bits per heavy atom. The molecule has 0 aliphatic heterocycles. The molecule has 0 spiro atoms. The summed E-state index contributed by atoms with van der Waals surface area (Å²) in [5.74, 6) is 0.369. The number of aryl methyl sites for hydroxylation is 2. The molecule has 98 valence electrons. The molecule has 1 atom stereocenters. The summed E-state index contributed by atoms with van der Waals surface area (Å²) < 4.78 is 28.0. The van der Waals surface area contributed by atoms with Gasteiger partial charge in [0.2, 0.25) is 10.0 Å². The van der Waals surface area contributed by atoms with E-state index in [-0.39, 0.29) is 0 Å². The maximum Gasteiger partial charge on any atom is 0.237 e. The lowest BCUT2D eigenvalue weighted by atomic mass is 10.5. The number of nitrogens with one attached hydrogen (secondary N) is 2. The molecule has 2 N–H and O–H groups in total. The predicted octanol–water partition coefficient (Wildman–Crippen LogP) is 0.468. The first kappa shape index (κ1) is 14.0. The summed E-state index contributed by atoms with van der Waals surface area (Å²) in [4.78, 5) is 0. The molecular formula is C10H20N4O2S. The van der Waals surface area contributed by atoms with Gasteiger partial charge < -0.3 is 5.32 Å². The van der Waals surface area contributed by atoms with Gasteiger partial charge in [0.05, 0.1) is 5.25 Å². The molecule has 1 aromatic heterocycles. The Kier molecular flexibility index (Phi) is 4.53. The van der Waals surface area contributed by atoms with Crippen molar-refractivity contribution in [3.05, 3.63) is 11.8 Å². The van der Waals surface area contributed by atoms with Gasteiger partial charge in [-0.25, -0.2) is 8.42 Å². The van der Waals surface area contributed by atoms with E-state index in [9.17, 15) is 8.42 Å². The van der Waals surface area contributed by atoms with Crippen molar-refractivity contribution in [1.29, 1.82) is 0 Å². The highest BCUT2D eigenvalue weighted by Crippen LogP contribution is 2.11. The quantitative estimate of drug-likeness (QED) is 0.779. The molecule has 17 heavy (non-hydrogen) atoms. The minimum atomic E-state index is -3.38. The zero-order chi connectivity index (χ0) is 13.1. The Labute approximate surface area is 102 Å². The van der Waals surface area contributed by atoms with Crippen LogP contribution in [-0.2, 0) is 17.1 Å². The number of aromatic nitrogens is 2. The van der Waals surface area contributed by atoms with E-state index in [1.165, 1.54) is 0 Å². The Morgan fingerprint density at radius 3 is 2.65 bits per heavy atom. The van der Waals surface area contributed by atoms with Crippen LogP contribution in [0.3, 0.4) is 0 Å². The van der Waals surface area contributed by atoms with Crippen molar-refractivity contribution in [2.75, 3.05) is 17.8 Å². The Bertz CT molecular complexity index is 447. The zero-order valence-electron chi connectivity index (χ0n) is 10.7. The summed E-state index contributed by atoms with van der Waals surface area (Å²) in [6.07, 6.45) is 0. The summed E-state index contributed by atoms with van der Waals surface area (Å²) in [6.45, 7) is 6.66. The van der Waals surface area contributed by atoms with Crippen LogP contribution in [0.4, 0.5) is 5.82 Å². The maximum absolute atomic E-state index is 11.9. The smallest absolute Gasteiger partial charge is 0.237 e. The summed E-state index contributed by atoms with van der Waals surface area (Å²) in [5.41, 5.74) is 0.905. The van der Waals surface area contributed by atoms with Gasteiger partial charge in [0.15, 0.2) is 5.82 Å². The molecule has 7 heteroatoms. The lowest BCUT2D eigenvalue weighted by Crippen LogP contribution is -2.34. The topological polar surface area (TPSA) is 76.0 Å². The van der Waals surface area contributed by atoms with Crippen molar-refractivity contribution in [2.24, 2.45) is 7.05 Å². The number of rotatable bonds is 6. The Hall–Kier alpha value is -1.08. The van der Waals surface area contributed by atoms with E-state index in [0.717, 1.165) is 12.2 Å². The van der Waals surface area contributed by atoms with Crippen LogP contribution in [0.2, 0.25) is 0 Å². The summed E-state index contributed by atoms with van der Waals surface area (Å²) >= 11 is 0. The highest BCUT2D eigenvalue weighted by molar-refractivity contribution is 7.93. The summed E-state index contributed by atoms with van der Waals surface area (Å²) in [6, 6.07) is 1.71. The first-order chi connectivity index (χ1) is 7.86. The van der Waals surface area contributed by atoms with Crippen LogP contribution in [-0.4, -0.2) is 36.5 Å². The average Bonchev–Trinajstić information content (AvgIpc) is 2.53. The van der Waals surface area contributed by atoms with Crippen LogP contribution in [0.25, 0.3) is 0 Å². The van der Waals surface area contributed by atoms with Gasteiger partial charge in [-0.15, -0.1) is 0 Å².